The summed E-state index contributed by atoms with van der Waals surface area (Å²) in [5, 5.41) is 3.43. The molecule has 1 spiro atoms. The summed E-state index contributed by atoms with van der Waals surface area (Å²) in [7, 11) is 1.70. The van der Waals surface area contributed by atoms with E-state index >= 15 is 0 Å². The van der Waals surface area contributed by atoms with Crippen LogP contribution in [0.25, 0.3) is 5.57 Å². The molecule has 2 aromatic rings. The molecule has 2 aliphatic heterocycles. The highest BCUT2D eigenvalue weighted by atomic mass is 32.1. The molecule has 1 aromatic carbocycles. The van der Waals surface area contributed by atoms with Gasteiger partial charge in [0.15, 0.2) is 5.78 Å². The van der Waals surface area contributed by atoms with Gasteiger partial charge in [0.1, 0.15) is 17.1 Å². The van der Waals surface area contributed by atoms with Crippen LogP contribution >= 0.6 is 11.3 Å². The fourth-order valence-electron chi connectivity index (χ4n) is 5.06. The molecular weight excluding hydrogens is 406 g/mol. The van der Waals surface area contributed by atoms with Crippen LogP contribution in [0.2, 0.25) is 0 Å². The van der Waals surface area contributed by atoms with E-state index in [2.05, 4.69) is 45.2 Å². The van der Waals surface area contributed by atoms with Crippen molar-refractivity contribution in [2.24, 2.45) is 17.8 Å². The highest BCUT2D eigenvalue weighted by Gasteiger charge is 2.38. The van der Waals surface area contributed by atoms with E-state index < -0.39 is 0 Å². The summed E-state index contributed by atoms with van der Waals surface area (Å²) in [6, 6.07) is 10.1. The zero-order chi connectivity index (χ0) is 22.2. The van der Waals surface area contributed by atoms with Gasteiger partial charge in [-0.15, -0.1) is 11.3 Å². The second kappa shape index (κ2) is 8.79. The van der Waals surface area contributed by atoms with Crippen molar-refractivity contribution in [1.29, 1.82) is 0 Å². The Balaban J connectivity index is 0.00000289. The first-order valence-corrected chi connectivity index (χ1v) is 12.1. The third-order valence-corrected chi connectivity index (χ3v) is 7.63. The third-order valence-electron chi connectivity index (χ3n) is 6.50. The van der Waals surface area contributed by atoms with E-state index in [9.17, 15) is 4.79 Å². The topological polar surface area (TPSA) is 47.6 Å². The van der Waals surface area contributed by atoms with Crippen LogP contribution in [-0.4, -0.2) is 31.6 Å². The van der Waals surface area contributed by atoms with E-state index in [-0.39, 0.29) is 18.7 Å². The minimum atomic E-state index is -0.313. The van der Waals surface area contributed by atoms with Gasteiger partial charge in [-0.1, -0.05) is 33.8 Å². The molecule has 1 aromatic heterocycles. The fourth-order valence-corrected chi connectivity index (χ4v) is 6.08. The molecule has 1 N–H and O–H groups in total. The van der Waals surface area contributed by atoms with Crippen molar-refractivity contribution < 1.29 is 15.7 Å². The Hall–Kier alpha value is -2.11. The van der Waals surface area contributed by atoms with Crippen LogP contribution in [0.15, 0.2) is 36.4 Å². The molecule has 0 radical (unpaired) electrons. The van der Waals surface area contributed by atoms with Crippen LogP contribution in [0, 0.1) is 17.8 Å². The van der Waals surface area contributed by atoms with Crippen LogP contribution < -0.4 is 14.8 Å². The van der Waals surface area contributed by atoms with E-state index in [1.165, 1.54) is 0 Å². The van der Waals surface area contributed by atoms with Gasteiger partial charge in [0.2, 0.25) is 0 Å². The molecule has 4 nitrogen and oxygen atoms in total. The predicted octanol–water partition coefficient (Wildman–Crippen LogP) is 6.06. The van der Waals surface area contributed by atoms with Crippen molar-refractivity contribution >= 4 is 22.7 Å². The smallest absolute Gasteiger partial charge is 0.176 e. The molecule has 3 heterocycles. The van der Waals surface area contributed by atoms with Crippen LogP contribution in [0.3, 0.4) is 0 Å². The van der Waals surface area contributed by atoms with Gasteiger partial charge in [-0.3, -0.25) is 4.79 Å². The van der Waals surface area contributed by atoms with E-state index in [0.717, 1.165) is 58.3 Å². The minimum Gasteiger partial charge on any atom is -0.496 e. The predicted molar refractivity (Wildman–Crippen MR) is 129 cm³/mol. The second-order valence-electron chi connectivity index (χ2n) is 9.35. The summed E-state index contributed by atoms with van der Waals surface area (Å²) in [5.74, 6) is 2.59. The van der Waals surface area contributed by atoms with Crippen LogP contribution in [0.4, 0.5) is 0 Å². The van der Waals surface area contributed by atoms with Crippen molar-refractivity contribution in [3.05, 3.63) is 51.7 Å². The number of ketones is 1. The summed E-state index contributed by atoms with van der Waals surface area (Å²) in [5.41, 5.74) is 1.79. The van der Waals surface area contributed by atoms with Gasteiger partial charge in [-0.05, 0) is 55.3 Å². The fraction of sp³-hybridized carbons (Fsp3) is 0.500. The minimum absolute atomic E-state index is 0. The van der Waals surface area contributed by atoms with E-state index in [4.69, 9.17) is 9.47 Å². The van der Waals surface area contributed by atoms with Gasteiger partial charge in [0.25, 0.3) is 0 Å². The molecule has 0 amide bonds. The number of ether oxygens (including phenoxy) is 2. The molecule has 168 valence electrons. The quantitative estimate of drug-likeness (QED) is 0.554. The van der Waals surface area contributed by atoms with Gasteiger partial charge in [0.05, 0.1) is 17.6 Å². The maximum absolute atomic E-state index is 13.3. The van der Waals surface area contributed by atoms with Gasteiger partial charge >= 0.3 is 0 Å². The standard InChI is InChI=1S/C26H33NO3S.H2/c1-16(2)23(17(3)4)25(28)22-10-9-21(31-22)18-15-26(11-13-27-14-12-26)30-20-8-6-7-19(29-5)24(18)20;/h6-10,15-17,23,27H,11-14H2,1-5H3;1H. The normalized spacial score (nSPS) is 17.6. The summed E-state index contributed by atoms with van der Waals surface area (Å²) < 4.78 is 12.3. The van der Waals surface area contributed by atoms with Gasteiger partial charge in [-0.25, -0.2) is 0 Å². The number of benzene rings is 1. The lowest BCUT2D eigenvalue weighted by Gasteiger charge is -2.40. The molecular formula is C26H35NO3S. The average molecular weight is 442 g/mol. The maximum atomic E-state index is 13.3. The van der Waals surface area contributed by atoms with E-state index in [1.807, 2.05) is 24.3 Å². The summed E-state index contributed by atoms with van der Waals surface area (Å²) in [6.07, 6.45) is 4.13. The van der Waals surface area contributed by atoms with Crippen molar-refractivity contribution in [3.63, 3.8) is 0 Å². The van der Waals surface area contributed by atoms with Crippen LogP contribution in [0.5, 0.6) is 11.5 Å². The van der Waals surface area contributed by atoms with Crippen molar-refractivity contribution in [1.82, 2.24) is 5.32 Å². The monoisotopic (exact) mass is 441 g/mol. The SMILES string of the molecule is COc1cccc2c1C(c1ccc(C(=O)C(C(C)C)C(C)C)s1)=CC1(CCNCC1)O2.[HH]. The number of fused-ring (bicyclic) bond motifs is 1. The number of carbonyl (C=O) groups is 1. The number of rotatable bonds is 6. The molecule has 5 heteroatoms. The zero-order valence-electron chi connectivity index (χ0n) is 19.2. The van der Waals surface area contributed by atoms with Crippen molar-refractivity contribution in [2.45, 2.75) is 46.1 Å². The molecule has 0 atom stereocenters. The molecule has 0 unspecified atom stereocenters. The van der Waals surface area contributed by atoms with Crippen LogP contribution in [-0.2, 0) is 0 Å². The number of nitrogens with one attached hydrogen (secondary N) is 1. The number of carbonyl (C=O) groups excluding carboxylic acids is 1. The van der Waals surface area contributed by atoms with Crippen LogP contribution in [0.1, 0.15) is 62.1 Å². The Morgan fingerprint density at radius 3 is 2.48 bits per heavy atom. The highest BCUT2D eigenvalue weighted by Crippen LogP contribution is 2.48. The number of piperidine rings is 1. The molecule has 0 bridgehead atoms. The first-order valence-electron chi connectivity index (χ1n) is 11.3. The number of hydrogen-bond acceptors (Lipinski definition) is 5. The number of hydrogen-bond donors (Lipinski definition) is 1. The Kier molecular flexibility index (Phi) is 6.27. The van der Waals surface area contributed by atoms with Gasteiger partial charge in [0, 0.05) is 30.6 Å². The molecule has 0 aliphatic carbocycles. The Bertz CT molecular complexity index is 981. The molecule has 0 saturated carbocycles. The molecule has 1 saturated heterocycles. The third kappa shape index (κ3) is 4.18. The lowest BCUT2D eigenvalue weighted by Crippen LogP contribution is -2.46. The zero-order valence-corrected chi connectivity index (χ0v) is 20.0. The molecule has 4 rings (SSSR count). The molecule has 2 aliphatic rings. The largest absolute Gasteiger partial charge is 0.496 e. The van der Waals surface area contributed by atoms with E-state index in [0.29, 0.717) is 11.8 Å². The number of thiophene rings is 1. The summed E-state index contributed by atoms with van der Waals surface area (Å²) in [4.78, 5) is 15.3. The van der Waals surface area contributed by atoms with Crippen molar-refractivity contribution in [3.8, 4) is 11.5 Å². The summed E-state index contributed by atoms with van der Waals surface area (Å²) >= 11 is 1.60. The lowest BCUT2D eigenvalue weighted by atomic mass is 9.82. The van der Waals surface area contributed by atoms with Crippen molar-refractivity contribution in [2.75, 3.05) is 20.2 Å². The molecule has 1 fully saturated rings. The van der Waals surface area contributed by atoms with Gasteiger partial charge < -0.3 is 14.8 Å². The average Bonchev–Trinajstić information content (AvgIpc) is 3.23. The first-order chi connectivity index (χ1) is 14.8. The molecule has 31 heavy (non-hydrogen) atoms. The second-order valence-corrected chi connectivity index (χ2v) is 10.4. The lowest BCUT2D eigenvalue weighted by molar-refractivity contribution is 0.0812. The highest BCUT2D eigenvalue weighted by molar-refractivity contribution is 7.15. The Morgan fingerprint density at radius 2 is 1.84 bits per heavy atom. The number of Topliss-reactive ketones (excluding diaryl/α,β-unsaturated/α-hetero) is 1. The maximum Gasteiger partial charge on any atom is 0.176 e. The van der Waals surface area contributed by atoms with E-state index in [1.54, 1.807) is 18.4 Å². The first kappa shape index (κ1) is 22.1. The Morgan fingerprint density at radius 1 is 1.13 bits per heavy atom. The van der Waals surface area contributed by atoms with Gasteiger partial charge in [-0.2, -0.15) is 0 Å². The summed E-state index contributed by atoms with van der Waals surface area (Å²) in [6.45, 7) is 10.4. The number of methoxy groups -OCH3 is 1. The Labute approximate surface area is 191 Å².